The number of benzene rings is 3. The number of carbonyl (C=O) groups is 3. The van der Waals surface area contributed by atoms with E-state index >= 15 is 4.39 Å². The molecule has 5 aliphatic heterocycles. The highest BCUT2D eigenvalue weighted by atomic mass is 19.1. The number of nitrogen functional groups attached to an aromatic ring is 1. The summed E-state index contributed by atoms with van der Waals surface area (Å²) in [5, 5.41) is 21.5. The quantitative estimate of drug-likeness (QED) is 0.182. The van der Waals surface area contributed by atoms with Gasteiger partial charge in [-0.15, -0.1) is 10.2 Å². The zero-order valence-electron chi connectivity index (χ0n) is 36.7. The van der Waals surface area contributed by atoms with Crippen LogP contribution in [0.1, 0.15) is 50.5 Å². The second kappa shape index (κ2) is 16.3. The first kappa shape index (κ1) is 41.4. The van der Waals surface area contributed by atoms with E-state index in [0.717, 1.165) is 80.2 Å². The number of imide groups is 1. The number of phenols is 1. The maximum atomic E-state index is 15.2. The summed E-state index contributed by atoms with van der Waals surface area (Å²) in [5.41, 5.74) is 11.4. The summed E-state index contributed by atoms with van der Waals surface area (Å²) in [6, 6.07) is 19.9. The number of likely N-dealkylation sites (tertiary alicyclic amines) is 1. The van der Waals surface area contributed by atoms with Crippen molar-refractivity contribution >= 4 is 40.7 Å². The van der Waals surface area contributed by atoms with Gasteiger partial charge < -0.3 is 44.8 Å². The molecular weight excluding hydrogens is 830 g/mol. The van der Waals surface area contributed by atoms with Crippen molar-refractivity contribution < 1.29 is 33.4 Å². The van der Waals surface area contributed by atoms with Crippen molar-refractivity contribution in [2.24, 2.45) is 23.2 Å². The Morgan fingerprint density at radius 1 is 0.923 bits per heavy atom. The van der Waals surface area contributed by atoms with Gasteiger partial charge >= 0.3 is 6.03 Å². The molecule has 2 unspecified atom stereocenters. The average molecular weight is 886 g/mol. The van der Waals surface area contributed by atoms with Crippen molar-refractivity contribution in [1.82, 2.24) is 25.3 Å². The molecule has 15 nitrogen and oxygen atoms in total. The lowest BCUT2D eigenvalue weighted by Crippen LogP contribution is -2.54. The molecule has 4 saturated heterocycles. The van der Waals surface area contributed by atoms with Crippen LogP contribution in [-0.2, 0) is 16.0 Å². The van der Waals surface area contributed by atoms with E-state index in [4.69, 9.17) is 15.2 Å². The maximum absolute atomic E-state index is 15.2. The number of hydrogen-bond donors (Lipinski definition) is 3. The number of urea groups is 1. The van der Waals surface area contributed by atoms with E-state index in [1.165, 1.54) is 6.07 Å². The van der Waals surface area contributed by atoms with Gasteiger partial charge in [0.1, 0.15) is 36.1 Å². The molecule has 7 aliphatic rings. The van der Waals surface area contributed by atoms with E-state index in [0.29, 0.717) is 92.5 Å². The molecule has 0 radical (unpaired) electrons. The molecule has 6 heterocycles. The Labute approximate surface area is 377 Å². The lowest BCUT2D eigenvalue weighted by molar-refractivity contribution is -0.134. The number of ether oxygens (including phenoxy) is 2. The summed E-state index contributed by atoms with van der Waals surface area (Å²) in [6.07, 6.45) is 5.61. The molecule has 4 N–H and O–H groups in total. The average Bonchev–Trinajstić information content (AvgIpc) is 3.91. The number of fused-ring (bicyclic) bond motifs is 2. The number of halogens is 1. The van der Waals surface area contributed by atoms with Crippen LogP contribution in [0.2, 0.25) is 0 Å². The minimum Gasteiger partial charge on any atom is -0.507 e. The summed E-state index contributed by atoms with van der Waals surface area (Å²) in [5.74, 6) is 2.59. The van der Waals surface area contributed by atoms with Gasteiger partial charge in [0.2, 0.25) is 11.8 Å². The minimum atomic E-state index is -0.406. The first-order chi connectivity index (χ1) is 31.5. The molecule has 65 heavy (non-hydrogen) atoms. The molecule has 340 valence electrons. The van der Waals surface area contributed by atoms with Crippen LogP contribution >= 0.6 is 0 Å². The van der Waals surface area contributed by atoms with Crippen LogP contribution in [0, 0.1) is 29.0 Å². The monoisotopic (exact) mass is 885 g/mol. The van der Waals surface area contributed by atoms with Crippen molar-refractivity contribution in [3.8, 4) is 28.5 Å². The van der Waals surface area contributed by atoms with Gasteiger partial charge in [-0.1, -0.05) is 18.2 Å². The maximum Gasteiger partial charge on any atom is 0.319 e. The van der Waals surface area contributed by atoms with E-state index < -0.39 is 6.04 Å². The summed E-state index contributed by atoms with van der Waals surface area (Å²) in [6.45, 7) is 5.38. The number of hydrogen-bond acceptors (Lipinski definition) is 12. The minimum absolute atomic E-state index is 0.0249. The largest absolute Gasteiger partial charge is 0.507 e. The van der Waals surface area contributed by atoms with Crippen LogP contribution in [0.15, 0.2) is 66.7 Å². The van der Waals surface area contributed by atoms with Crippen LogP contribution in [0.25, 0.3) is 11.3 Å². The second-order valence-corrected chi connectivity index (χ2v) is 19.2. The number of nitrogens with zero attached hydrogens (tertiary/aromatic N) is 7. The van der Waals surface area contributed by atoms with Gasteiger partial charge in [0, 0.05) is 83.3 Å². The number of piperidine rings is 4. The number of phenolic OH excluding ortho intramolecular Hbond substituents is 1. The van der Waals surface area contributed by atoms with Gasteiger partial charge in [0.25, 0.3) is 0 Å². The summed E-state index contributed by atoms with van der Waals surface area (Å²) in [7, 11) is 1.91. The van der Waals surface area contributed by atoms with Gasteiger partial charge in [-0.25, -0.2) is 9.18 Å². The van der Waals surface area contributed by atoms with Gasteiger partial charge in [-0.05, 0) is 103 Å². The van der Waals surface area contributed by atoms with E-state index in [-0.39, 0.29) is 47.0 Å². The van der Waals surface area contributed by atoms with Crippen molar-refractivity contribution in [2.75, 3.05) is 79.9 Å². The molecule has 11 rings (SSSR count). The number of carbonyl (C=O) groups excluding carboxylic acids is 3. The summed E-state index contributed by atoms with van der Waals surface area (Å²) >= 11 is 0. The fourth-order valence-electron chi connectivity index (χ4n) is 12.4. The molecular formula is C49H56FN9O6. The van der Waals surface area contributed by atoms with Crippen LogP contribution in [0.3, 0.4) is 0 Å². The Hall–Kier alpha value is -6.32. The van der Waals surface area contributed by atoms with Gasteiger partial charge in [-0.3, -0.25) is 14.9 Å². The molecule has 16 heteroatoms. The molecule has 1 aromatic heterocycles. The Morgan fingerprint density at radius 2 is 1.72 bits per heavy atom. The molecule has 2 saturated carbocycles. The fraction of sp³-hybridized carbons (Fsp3) is 0.490. The number of aromatic nitrogens is 2. The Bertz CT molecular complexity index is 2520. The van der Waals surface area contributed by atoms with Crippen molar-refractivity contribution in [2.45, 2.75) is 69.6 Å². The third-order valence-electron chi connectivity index (χ3n) is 15.8. The number of para-hydroxylation sites is 2. The molecule has 0 bridgehead atoms. The number of anilines is 4. The summed E-state index contributed by atoms with van der Waals surface area (Å²) < 4.78 is 27.9. The molecule has 0 spiro atoms. The number of nitrogens with two attached hydrogens (primary N) is 1. The third kappa shape index (κ3) is 7.38. The Balaban J connectivity index is 0.669. The Morgan fingerprint density at radius 3 is 2.51 bits per heavy atom. The SMILES string of the molecule is CN(C(=O)N1CCC(Oc2cc(F)cc(CC34C5C[C@H]3CN(c3cc(-c6ccccc6O)nnc3N)C[C@@H]54)c2)CC1)C1CCN(c2cccc3c2OCCN3[C@H]2CCC(=O)NC2=O)CC1. The van der Waals surface area contributed by atoms with E-state index in [1.54, 1.807) is 18.2 Å². The first-order valence-corrected chi connectivity index (χ1v) is 23.3. The highest BCUT2D eigenvalue weighted by Gasteiger charge is 2.76. The predicted octanol–water partition coefficient (Wildman–Crippen LogP) is 5.45. The Kier molecular flexibility index (Phi) is 10.4. The topological polar surface area (TPSA) is 170 Å². The third-order valence-corrected chi connectivity index (χ3v) is 15.8. The van der Waals surface area contributed by atoms with Crippen LogP contribution < -0.4 is 35.2 Å². The molecule has 4 amide bonds. The number of rotatable bonds is 9. The van der Waals surface area contributed by atoms with Crippen LogP contribution in [0.4, 0.5) is 32.1 Å². The van der Waals surface area contributed by atoms with Gasteiger partial charge in [0.15, 0.2) is 11.6 Å². The predicted molar refractivity (Wildman–Crippen MR) is 242 cm³/mol. The number of nitrogens with one attached hydrogen (secondary N) is 1. The standard InChI is InChI=1S/C49H56FN9O6/c1-55(32-11-15-56(16-12-32)39-6-4-7-40-45(39)64-20-19-59(40)41-9-10-44(61)52-47(41)62)48(63)57-17-13-33(14-18-57)65-34-22-29(21-31(50)24-34)26-49-30-23-36(49)37(49)28-58(27-30)42-25-38(53-54-46(42)51)35-5-2-3-8-43(35)60/h2-8,21-22,24-25,30,32-33,36-37,41,60H,9-20,23,26-28H2,1H3,(H2,51,54)(H,52,61,62)/t30-,36?,37-,41-,49?/m0/s1. The zero-order chi connectivity index (χ0) is 44.6. The van der Waals surface area contributed by atoms with Crippen molar-refractivity contribution in [1.29, 1.82) is 0 Å². The van der Waals surface area contributed by atoms with E-state index in [2.05, 4.69) is 36.3 Å². The van der Waals surface area contributed by atoms with Crippen molar-refractivity contribution in [3.05, 3.63) is 78.1 Å². The van der Waals surface area contributed by atoms with E-state index in [9.17, 15) is 19.5 Å². The fourth-order valence-corrected chi connectivity index (χ4v) is 12.4. The summed E-state index contributed by atoms with van der Waals surface area (Å²) in [4.78, 5) is 48.9. The lowest BCUT2D eigenvalue weighted by atomic mass is 9.68. The van der Waals surface area contributed by atoms with Gasteiger partial charge in [0.05, 0.1) is 29.3 Å². The molecule has 3 aromatic carbocycles. The van der Waals surface area contributed by atoms with Crippen molar-refractivity contribution in [3.63, 3.8) is 0 Å². The highest BCUT2D eigenvalue weighted by Crippen LogP contribution is 2.78. The normalized spacial score (nSPS) is 26.4. The second-order valence-electron chi connectivity index (χ2n) is 19.2. The zero-order valence-corrected chi connectivity index (χ0v) is 36.7. The van der Waals surface area contributed by atoms with E-state index in [1.807, 2.05) is 53.2 Å². The van der Waals surface area contributed by atoms with Crippen LogP contribution in [-0.4, -0.2) is 121 Å². The molecule has 2 aliphatic carbocycles. The number of aromatic hydroxyl groups is 1. The number of amides is 4. The first-order valence-electron chi connectivity index (χ1n) is 23.3. The molecule has 6 fully saturated rings. The molecule has 5 atom stereocenters. The highest BCUT2D eigenvalue weighted by molar-refractivity contribution is 6.02. The smallest absolute Gasteiger partial charge is 0.319 e. The molecule has 4 aromatic rings. The lowest BCUT2D eigenvalue weighted by Gasteiger charge is -2.43. The van der Waals surface area contributed by atoms with Crippen LogP contribution in [0.5, 0.6) is 17.2 Å². The van der Waals surface area contributed by atoms with Gasteiger partial charge in [-0.2, -0.15) is 0 Å².